The number of hydrogen-bond acceptors (Lipinski definition) is 5. The van der Waals surface area contributed by atoms with E-state index in [2.05, 4.69) is 10.6 Å². The first kappa shape index (κ1) is 12.3. The third kappa shape index (κ3) is 2.57. The first-order chi connectivity index (χ1) is 8.58. The van der Waals surface area contributed by atoms with Gasteiger partial charge in [-0.05, 0) is 25.5 Å². The van der Waals surface area contributed by atoms with Gasteiger partial charge in [0.25, 0.3) is 5.69 Å². The Bertz CT molecular complexity index is 483. The molecular weight excluding hydrogens is 238 g/mol. The first-order valence-corrected chi connectivity index (χ1v) is 5.59. The summed E-state index contributed by atoms with van der Waals surface area (Å²) in [7, 11) is 0. The van der Waals surface area contributed by atoms with E-state index in [0.717, 1.165) is 25.5 Å². The summed E-state index contributed by atoms with van der Waals surface area (Å²) in [5.41, 5.74) is -0.120. The molecule has 18 heavy (non-hydrogen) atoms. The van der Waals surface area contributed by atoms with Crippen LogP contribution in [0.25, 0.3) is 0 Å². The summed E-state index contributed by atoms with van der Waals surface area (Å²) in [5, 5.41) is 25.7. The molecule has 7 heteroatoms. The van der Waals surface area contributed by atoms with Crippen molar-refractivity contribution in [3.63, 3.8) is 0 Å². The van der Waals surface area contributed by atoms with Crippen molar-refractivity contribution in [1.29, 1.82) is 0 Å². The summed E-state index contributed by atoms with van der Waals surface area (Å²) in [4.78, 5) is 21.8. The molecule has 1 atom stereocenters. The number of aromatic hydroxyl groups is 1. The summed E-state index contributed by atoms with van der Waals surface area (Å²) < 4.78 is 0. The highest BCUT2D eigenvalue weighted by Crippen LogP contribution is 2.28. The molecule has 1 aliphatic heterocycles. The summed E-state index contributed by atoms with van der Waals surface area (Å²) in [5.74, 6) is -0.477. The monoisotopic (exact) mass is 251 g/mol. The molecule has 1 aromatic rings. The molecule has 1 heterocycles. The lowest BCUT2D eigenvalue weighted by Gasteiger charge is -2.11. The fourth-order valence-corrected chi connectivity index (χ4v) is 1.87. The second kappa shape index (κ2) is 5.01. The number of benzene rings is 1. The average Bonchev–Trinajstić information content (AvgIpc) is 2.85. The molecule has 0 saturated carbocycles. The van der Waals surface area contributed by atoms with Crippen LogP contribution in [0.3, 0.4) is 0 Å². The number of nitrogens with one attached hydrogen (secondary N) is 2. The molecule has 0 unspecified atom stereocenters. The van der Waals surface area contributed by atoms with Gasteiger partial charge < -0.3 is 15.7 Å². The molecule has 1 saturated heterocycles. The highest BCUT2D eigenvalue weighted by molar-refractivity contribution is 5.96. The second-order valence-corrected chi connectivity index (χ2v) is 4.10. The maximum Gasteiger partial charge on any atom is 0.271 e. The SMILES string of the molecule is O=C(Nc1cc([N+](=O)[O-])ccc1O)[C@H]1CCCN1. The summed E-state index contributed by atoms with van der Waals surface area (Å²) in [6.07, 6.45) is 1.64. The number of phenols is 1. The minimum absolute atomic E-state index is 0.0582. The number of nitro benzene ring substituents is 1. The van der Waals surface area contributed by atoms with Crippen molar-refractivity contribution in [2.24, 2.45) is 0 Å². The molecule has 7 nitrogen and oxygen atoms in total. The zero-order valence-electron chi connectivity index (χ0n) is 9.55. The van der Waals surface area contributed by atoms with Gasteiger partial charge in [0.05, 0.1) is 16.7 Å². The van der Waals surface area contributed by atoms with Crippen LogP contribution in [-0.4, -0.2) is 28.5 Å². The lowest BCUT2D eigenvalue weighted by molar-refractivity contribution is -0.384. The van der Waals surface area contributed by atoms with Gasteiger partial charge in [-0.2, -0.15) is 0 Å². The van der Waals surface area contributed by atoms with Gasteiger partial charge in [-0.25, -0.2) is 0 Å². The highest BCUT2D eigenvalue weighted by atomic mass is 16.6. The van der Waals surface area contributed by atoms with Gasteiger partial charge >= 0.3 is 0 Å². The van der Waals surface area contributed by atoms with Crippen LogP contribution in [0.5, 0.6) is 5.75 Å². The number of rotatable bonds is 3. The zero-order valence-corrected chi connectivity index (χ0v) is 9.55. The number of amides is 1. The Labute approximate surface area is 103 Å². The van der Waals surface area contributed by atoms with Crippen molar-refractivity contribution >= 4 is 17.3 Å². The fourth-order valence-electron chi connectivity index (χ4n) is 1.87. The number of anilines is 1. The largest absolute Gasteiger partial charge is 0.506 e. The van der Waals surface area contributed by atoms with Gasteiger partial charge in [-0.15, -0.1) is 0 Å². The Hall–Kier alpha value is -2.15. The molecule has 1 aromatic carbocycles. The van der Waals surface area contributed by atoms with E-state index in [4.69, 9.17) is 0 Å². The van der Waals surface area contributed by atoms with E-state index < -0.39 is 4.92 Å². The van der Waals surface area contributed by atoms with Crippen LogP contribution in [0, 0.1) is 10.1 Å². The third-order valence-electron chi connectivity index (χ3n) is 2.83. The maximum atomic E-state index is 11.8. The Balaban J connectivity index is 2.14. The maximum absolute atomic E-state index is 11.8. The number of carbonyl (C=O) groups excluding carboxylic acids is 1. The standard InChI is InChI=1S/C11H13N3O4/c15-10-4-3-7(14(17)18)6-9(10)13-11(16)8-2-1-5-12-8/h3-4,6,8,12,15H,1-2,5H2,(H,13,16)/t8-/m1/s1. The predicted molar refractivity (Wildman–Crippen MR) is 64.4 cm³/mol. The topological polar surface area (TPSA) is 104 Å². The first-order valence-electron chi connectivity index (χ1n) is 5.59. The van der Waals surface area contributed by atoms with Crippen LogP contribution in [-0.2, 0) is 4.79 Å². The third-order valence-corrected chi connectivity index (χ3v) is 2.83. The van der Waals surface area contributed by atoms with Crippen LogP contribution in [0.2, 0.25) is 0 Å². The molecule has 2 rings (SSSR count). The van der Waals surface area contributed by atoms with E-state index in [9.17, 15) is 20.0 Å². The van der Waals surface area contributed by atoms with Crippen molar-refractivity contribution in [2.75, 3.05) is 11.9 Å². The number of nitrogens with zero attached hydrogens (tertiary/aromatic N) is 1. The van der Waals surface area contributed by atoms with Gasteiger partial charge in [0.2, 0.25) is 5.91 Å². The summed E-state index contributed by atoms with van der Waals surface area (Å²) >= 11 is 0. The highest BCUT2D eigenvalue weighted by Gasteiger charge is 2.23. The number of hydrogen-bond donors (Lipinski definition) is 3. The molecular formula is C11H13N3O4. The minimum atomic E-state index is -0.580. The molecule has 0 aliphatic carbocycles. The predicted octanol–water partition coefficient (Wildman–Crippen LogP) is 0.991. The van der Waals surface area contributed by atoms with Crippen LogP contribution in [0.1, 0.15) is 12.8 Å². The van der Waals surface area contributed by atoms with Gasteiger partial charge in [0, 0.05) is 12.1 Å². The van der Waals surface area contributed by atoms with E-state index in [1.807, 2.05) is 0 Å². The van der Waals surface area contributed by atoms with Crippen LogP contribution in [0.15, 0.2) is 18.2 Å². The molecule has 0 aromatic heterocycles. The van der Waals surface area contributed by atoms with E-state index in [0.29, 0.717) is 0 Å². The molecule has 3 N–H and O–H groups in total. The smallest absolute Gasteiger partial charge is 0.271 e. The molecule has 0 spiro atoms. The molecule has 0 radical (unpaired) electrons. The molecule has 1 fully saturated rings. The quantitative estimate of drug-likeness (QED) is 0.422. The van der Waals surface area contributed by atoms with Crippen molar-refractivity contribution in [3.05, 3.63) is 28.3 Å². The van der Waals surface area contributed by atoms with Crippen molar-refractivity contribution in [3.8, 4) is 5.75 Å². The Morgan fingerprint density at radius 2 is 2.33 bits per heavy atom. The minimum Gasteiger partial charge on any atom is -0.506 e. The van der Waals surface area contributed by atoms with E-state index in [1.54, 1.807) is 0 Å². The van der Waals surface area contributed by atoms with Crippen molar-refractivity contribution in [2.45, 2.75) is 18.9 Å². The Kier molecular flexibility index (Phi) is 3.42. The molecule has 1 amide bonds. The fraction of sp³-hybridized carbons (Fsp3) is 0.364. The number of non-ortho nitro benzene ring substituents is 1. The van der Waals surface area contributed by atoms with E-state index in [1.165, 1.54) is 12.1 Å². The van der Waals surface area contributed by atoms with Crippen LogP contribution in [0.4, 0.5) is 11.4 Å². The van der Waals surface area contributed by atoms with Gasteiger partial charge in [-0.1, -0.05) is 0 Å². The summed E-state index contributed by atoms with van der Waals surface area (Å²) in [6.45, 7) is 0.777. The van der Waals surface area contributed by atoms with Crippen LogP contribution >= 0.6 is 0 Å². The number of carbonyl (C=O) groups is 1. The van der Waals surface area contributed by atoms with E-state index >= 15 is 0 Å². The van der Waals surface area contributed by atoms with Crippen molar-refractivity contribution in [1.82, 2.24) is 5.32 Å². The van der Waals surface area contributed by atoms with Crippen LogP contribution < -0.4 is 10.6 Å². The summed E-state index contributed by atoms with van der Waals surface area (Å²) in [6, 6.07) is 3.21. The van der Waals surface area contributed by atoms with Gasteiger partial charge in [-0.3, -0.25) is 14.9 Å². The zero-order chi connectivity index (χ0) is 13.1. The van der Waals surface area contributed by atoms with E-state index in [-0.39, 0.29) is 29.1 Å². The average molecular weight is 251 g/mol. The number of phenolic OH excluding ortho intramolecular Hbond substituents is 1. The molecule has 1 aliphatic rings. The Morgan fingerprint density at radius 1 is 1.56 bits per heavy atom. The van der Waals surface area contributed by atoms with Crippen molar-refractivity contribution < 1.29 is 14.8 Å². The van der Waals surface area contributed by atoms with Gasteiger partial charge in [0.1, 0.15) is 5.75 Å². The van der Waals surface area contributed by atoms with Gasteiger partial charge in [0.15, 0.2) is 0 Å². The normalized spacial score (nSPS) is 18.6. The Morgan fingerprint density at radius 3 is 2.94 bits per heavy atom. The number of nitro groups is 1. The molecule has 0 bridgehead atoms. The lowest BCUT2D eigenvalue weighted by Crippen LogP contribution is -2.35. The second-order valence-electron chi connectivity index (χ2n) is 4.10. The lowest BCUT2D eigenvalue weighted by atomic mass is 10.2. The molecule has 96 valence electrons.